The molecule has 0 aliphatic carbocycles. The van der Waals surface area contributed by atoms with Crippen LogP contribution in [0.2, 0.25) is 0 Å². The average Bonchev–Trinajstić information content (AvgIpc) is 2.37. The molecule has 0 aromatic heterocycles. The maximum Gasteiger partial charge on any atom is 0.311 e. The zero-order valence-electron chi connectivity index (χ0n) is 12.7. The van der Waals surface area contributed by atoms with Gasteiger partial charge in [-0.15, -0.1) is 0 Å². The lowest BCUT2D eigenvalue weighted by Crippen LogP contribution is -2.59. The minimum absolute atomic E-state index is 0.0631. The van der Waals surface area contributed by atoms with Gasteiger partial charge in [0.2, 0.25) is 5.91 Å². The molecule has 1 amide bonds. The van der Waals surface area contributed by atoms with E-state index in [-0.39, 0.29) is 17.4 Å². The van der Waals surface area contributed by atoms with Crippen molar-refractivity contribution in [2.45, 2.75) is 52.5 Å². The summed E-state index contributed by atoms with van der Waals surface area (Å²) in [4.78, 5) is 25.9. The van der Waals surface area contributed by atoms with E-state index in [1.807, 2.05) is 0 Å². The first-order valence-corrected chi connectivity index (χ1v) is 7.52. The number of carboxylic acid groups (broad SMARTS) is 1. The first kappa shape index (κ1) is 15.3. The SMILES string of the molecule is CC1(C(=O)O)CCCN(C(=O)C2NCCCC2(C)C)C1. The van der Waals surface area contributed by atoms with E-state index >= 15 is 0 Å². The van der Waals surface area contributed by atoms with Crippen molar-refractivity contribution in [3.05, 3.63) is 0 Å². The maximum absolute atomic E-state index is 12.7. The summed E-state index contributed by atoms with van der Waals surface area (Å²) < 4.78 is 0. The number of hydrogen-bond acceptors (Lipinski definition) is 3. The number of nitrogens with one attached hydrogen (secondary N) is 1. The molecule has 2 heterocycles. The first-order chi connectivity index (χ1) is 9.26. The summed E-state index contributed by atoms with van der Waals surface area (Å²) in [5.74, 6) is -0.729. The number of carbonyl (C=O) groups excluding carboxylic acids is 1. The Labute approximate surface area is 120 Å². The molecule has 20 heavy (non-hydrogen) atoms. The second kappa shape index (κ2) is 5.35. The fourth-order valence-corrected chi connectivity index (χ4v) is 3.42. The van der Waals surface area contributed by atoms with Gasteiger partial charge in [-0.3, -0.25) is 9.59 Å². The van der Waals surface area contributed by atoms with Crippen LogP contribution in [-0.4, -0.2) is 47.6 Å². The van der Waals surface area contributed by atoms with E-state index in [9.17, 15) is 14.7 Å². The van der Waals surface area contributed by atoms with Gasteiger partial charge in [0, 0.05) is 13.1 Å². The van der Waals surface area contributed by atoms with E-state index in [1.54, 1.807) is 11.8 Å². The lowest BCUT2D eigenvalue weighted by atomic mass is 9.76. The summed E-state index contributed by atoms with van der Waals surface area (Å²) in [6.07, 6.45) is 3.53. The lowest BCUT2D eigenvalue weighted by molar-refractivity contribution is -0.154. The van der Waals surface area contributed by atoms with Crippen molar-refractivity contribution < 1.29 is 14.7 Å². The largest absolute Gasteiger partial charge is 0.481 e. The number of piperidine rings is 2. The van der Waals surface area contributed by atoms with E-state index in [0.717, 1.165) is 25.8 Å². The Balaban J connectivity index is 2.10. The minimum atomic E-state index is -0.800. The van der Waals surface area contributed by atoms with Crippen LogP contribution in [0.4, 0.5) is 0 Å². The molecule has 114 valence electrons. The fraction of sp³-hybridized carbons (Fsp3) is 0.867. The topological polar surface area (TPSA) is 69.6 Å². The van der Waals surface area contributed by atoms with Gasteiger partial charge in [-0.2, -0.15) is 0 Å². The fourth-order valence-electron chi connectivity index (χ4n) is 3.42. The third kappa shape index (κ3) is 2.82. The van der Waals surface area contributed by atoms with E-state index in [0.29, 0.717) is 19.5 Å². The zero-order chi connectivity index (χ0) is 15.0. The van der Waals surface area contributed by atoms with Crippen LogP contribution in [0, 0.1) is 10.8 Å². The molecule has 0 bridgehead atoms. The molecule has 0 aromatic rings. The molecule has 2 aliphatic heterocycles. The highest BCUT2D eigenvalue weighted by Gasteiger charge is 2.44. The van der Waals surface area contributed by atoms with E-state index in [4.69, 9.17) is 0 Å². The van der Waals surface area contributed by atoms with Crippen LogP contribution in [0.15, 0.2) is 0 Å². The number of nitrogens with zero attached hydrogens (tertiary/aromatic N) is 1. The Morgan fingerprint density at radius 1 is 1.20 bits per heavy atom. The van der Waals surface area contributed by atoms with Crippen molar-refractivity contribution in [3.63, 3.8) is 0 Å². The van der Waals surface area contributed by atoms with Crippen molar-refractivity contribution in [2.75, 3.05) is 19.6 Å². The van der Waals surface area contributed by atoms with Crippen LogP contribution in [0.5, 0.6) is 0 Å². The molecule has 2 rings (SSSR count). The van der Waals surface area contributed by atoms with Gasteiger partial charge >= 0.3 is 5.97 Å². The molecule has 2 aliphatic rings. The highest BCUT2D eigenvalue weighted by Crippen LogP contribution is 2.34. The third-order valence-electron chi connectivity index (χ3n) is 4.90. The number of likely N-dealkylation sites (tertiary alicyclic amines) is 1. The normalized spacial score (nSPS) is 33.8. The van der Waals surface area contributed by atoms with Gasteiger partial charge in [-0.1, -0.05) is 13.8 Å². The van der Waals surface area contributed by atoms with E-state index in [2.05, 4.69) is 19.2 Å². The predicted octanol–water partition coefficient (Wildman–Crippen LogP) is 1.48. The van der Waals surface area contributed by atoms with Crippen molar-refractivity contribution in [1.82, 2.24) is 10.2 Å². The molecule has 0 saturated carbocycles. The quantitative estimate of drug-likeness (QED) is 0.805. The van der Waals surface area contributed by atoms with Gasteiger partial charge in [-0.25, -0.2) is 0 Å². The van der Waals surface area contributed by atoms with Crippen molar-refractivity contribution >= 4 is 11.9 Å². The number of aliphatic carboxylic acids is 1. The van der Waals surface area contributed by atoms with E-state index < -0.39 is 11.4 Å². The van der Waals surface area contributed by atoms with Gasteiger partial charge in [0.1, 0.15) is 0 Å². The Bertz CT molecular complexity index is 408. The Hall–Kier alpha value is -1.10. The minimum Gasteiger partial charge on any atom is -0.481 e. The first-order valence-electron chi connectivity index (χ1n) is 7.52. The maximum atomic E-state index is 12.7. The molecule has 0 radical (unpaired) electrons. The third-order valence-corrected chi connectivity index (χ3v) is 4.90. The predicted molar refractivity (Wildman–Crippen MR) is 76.4 cm³/mol. The average molecular weight is 282 g/mol. The van der Waals surface area contributed by atoms with Crippen molar-refractivity contribution in [1.29, 1.82) is 0 Å². The molecule has 5 heteroatoms. The molecular formula is C15H26N2O3. The number of amides is 1. The van der Waals surface area contributed by atoms with Gasteiger partial charge < -0.3 is 15.3 Å². The number of carboxylic acids is 1. The molecule has 5 nitrogen and oxygen atoms in total. The molecule has 2 saturated heterocycles. The highest BCUT2D eigenvalue weighted by molar-refractivity contribution is 5.84. The van der Waals surface area contributed by atoms with Crippen LogP contribution < -0.4 is 5.32 Å². The second-order valence-electron chi connectivity index (χ2n) is 7.21. The Morgan fingerprint density at radius 2 is 1.90 bits per heavy atom. The van der Waals surface area contributed by atoms with Crippen molar-refractivity contribution in [2.24, 2.45) is 10.8 Å². The van der Waals surface area contributed by atoms with E-state index in [1.165, 1.54) is 0 Å². The van der Waals surface area contributed by atoms with Crippen LogP contribution in [-0.2, 0) is 9.59 Å². The molecule has 2 N–H and O–H groups in total. The van der Waals surface area contributed by atoms with Crippen molar-refractivity contribution in [3.8, 4) is 0 Å². The molecule has 2 fully saturated rings. The van der Waals surface area contributed by atoms with Gasteiger partial charge in [0.25, 0.3) is 0 Å². The molecule has 0 spiro atoms. The summed E-state index contributed by atoms with van der Waals surface area (Å²) in [5, 5.41) is 12.7. The molecular weight excluding hydrogens is 256 g/mol. The monoisotopic (exact) mass is 282 g/mol. The Morgan fingerprint density at radius 3 is 2.50 bits per heavy atom. The number of rotatable bonds is 2. The Kier molecular flexibility index (Phi) is 4.09. The number of hydrogen-bond donors (Lipinski definition) is 2. The summed E-state index contributed by atoms with van der Waals surface area (Å²) in [6.45, 7) is 7.84. The van der Waals surface area contributed by atoms with Crippen LogP contribution >= 0.6 is 0 Å². The standard InChI is InChI=1S/C15H26N2O3/c1-14(2)6-4-8-16-11(14)12(18)17-9-5-7-15(3,10-17)13(19)20/h11,16H,4-10H2,1-3H3,(H,19,20). The summed E-state index contributed by atoms with van der Waals surface area (Å²) in [5.41, 5.74) is -0.862. The number of carbonyl (C=O) groups is 2. The summed E-state index contributed by atoms with van der Waals surface area (Å²) in [6, 6.07) is -0.188. The highest BCUT2D eigenvalue weighted by atomic mass is 16.4. The second-order valence-corrected chi connectivity index (χ2v) is 7.21. The van der Waals surface area contributed by atoms with Crippen LogP contribution in [0.3, 0.4) is 0 Å². The summed E-state index contributed by atoms with van der Waals surface area (Å²) in [7, 11) is 0. The van der Waals surface area contributed by atoms with Gasteiger partial charge in [0.05, 0.1) is 11.5 Å². The summed E-state index contributed by atoms with van der Waals surface area (Å²) >= 11 is 0. The van der Waals surface area contributed by atoms with Crippen LogP contribution in [0.1, 0.15) is 46.5 Å². The molecule has 0 aromatic carbocycles. The smallest absolute Gasteiger partial charge is 0.311 e. The lowest BCUT2D eigenvalue weighted by Gasteiger charge is -2.44. The zero-order valence-corrected chi connectivity index (χ0v) is 12.7. The van der Waals surface area contributed by atoms with Gasteiger partial charge in [0.15, 0.2) is 0 Å². The van der Waals surface area contributed by atoms with Crippen LogP contribution in [0.25, 0.3) is 0 Å². The van der Waals surface area contributed by atoms with Gasteiger partial charge in [-0.05, 0) is 44.6 Å². The molecule has 2 atom stereocenters. The molecule has 2 unspecified atom stereocenters.